The van der Waals surface area contributed by atoms with Crippen LogP contribution < -0.4 is 5.32 Å². The Bertz CT molecular complexity index is 1690. The first-order chi connectivity index (χ1) is 17.7. The predicted octanol–water partition coefficient (Wildman–Crippen LogP) is 6.82. The minimum absolute atomic E-state index is 0.0505. The number of likely N-dealkylation sites (N-methyl/N-ethyl adjacent to an activating group) is 1. The Labute approximate surface area is 210 Å². The molecule has 1 amide bonds. The highest BCUT2D eigenvalue weighted by atomic mass is 16.2. The van der Waals surface area contributed by atoms with Gasteiger partial charge in [-0.2, -0.15) is 0 Å². The van der Waals surface area contributed by atoms with Gasteiger partial charge in [0.25, 0.3) is 0 Å². The van der Waals surface area contributed by atoms with Crippen molar-refractivity contribution in [3.63, 3.8) is 0 Å². The zero-order chi connectivity index (χ0) is 24.2. The Morgan fingerprint density at radius 3 is 1.50 bits per heavy atom. The van der Waals surface area contributed by atoms with Gasteiger partial charge in [0, 0.05) is 13.0 Å². The molecule has 174 valence electrons. The summed E-state index contributed by atoms with van der Waals surface area (Å²) in [4.78, 5) is 14.7. The van der Waals surface area contributed by atoms with E-state index in [1.54, 1.807) is 0 Å². The molecule has 3 nitrogen and oxygen atoms in total. The Morgan fingerprint density at radius 1 is 0.639 bits per heavy atom. The first-order valence-electron chi connectivity index (χ1n) is 12.5. The van der Waals surface area contributed by atoms with E-state index in [1.807, 2.05) is 11.9 Å². The van der Waals surface area contributed by atoms with Crippen molar-refractivity contribution in [2.75, 3.05) is 13.6 Å². The van der Waals surface area contributed by atoms with E-state index in [1.165, 1.54) is 54.2 Å². The molecule has 1 unspecified atom stereocenters. The molecular formula is C33H26N2O. The Hall–Kier alpha value is -4.21. The Kier molecular flexibility index (Phi) is 4.80. The summed E-state index contributed by atoms with van der Waals surface area (Å²) in [6, 6.07) is 39.2. The molecule has 0 bridgehead atoms. The van der Waals surface area contributed by atoms with Crippen LogP contribution in [0.5, 0.6) is 0 Å². The second-order valence-electron chi connectivity index (χ2n) is 9.77. The summed E-state index contributed by atoms with van der Waals surface area (Å²) in [5.74, 6) is 0.0747. The van der Waals surface area contributed by atoms with E-state index in [0.717, 1.165) is 0 Å². The lowest BCUT2D eigenvalue weighted by Crippen LogP contribution is -2.40. The van der Waals surface area contributed by atoms with Crippen LogP contribution in [0.3, 0.4) is 0 Å². The van der Waals surface area contributed by atoms with E-state index < -0.39 is 0 Å². The van der Waals surface area contributed by atoms with Crippen LogP contribution in [0.4, 0.5) is 0 Å². The fourth-order valence-corrected chi connectivity index (χ4v) is 6.14. The van der Waals surface area contributed by atoms with E-state index in [-0.39, 0.29) is 18.0 Å². The van der Waals surface area contributed by atoms with Crippen LogP contribution in [-0.4, -0.2) is 30.6 Å². The molecule has 1 heterocycles. The van der Waals surface area contributed by atoms with E-state index in [2.05, 4.69) is 115 Å². The summed E-state index contributed by atoms with van der Waals surface area (Å²) in [6.07, 6.45) is -0.147. The molecule has 6 aromatic carbocycles. The second-order valence-corrected chi connectivity index (χ2v) is 9.77. The normalized spacial score (nSPS) is 16.2. The average molecular weight is 467 g/mol. The van der Waals surface area contributed by atoms with Crippen molar-refractivity contribution in [3.05, 3.63) is 120 Å². The minimum atomic E-state index is -0.147. The van der Waals surface area contributed by atoms with Crippen LogP contribution in [0.25, 0.3) is 43.1 Å². The lowest BCUT2D eigenvalue weighted by atomic mass is 9.80. The summed E-state index contributed by atoms with van der Waals surface area (Å²) in [7, 11) is 1.92. The van der Waals surface area contributed by atoms with Crippen molar-refractivity contribution in [2.24, 2.45) is 0 Å². The maximum absolute atomic E-state index is 12.8. The quantitative estimate of drug-likeness (QED) is 0.290. The third kappa shape index (κ3) is 3.13. The van der Waals surface area contributed by atoms with Crippen LogP contribution in [-0.2, 0) is 4.79 Å². The molecule has 0 saturated carbocycles. The van der Waals surface area contributed by atoms with Crippen molar-refractivity contribution in [1.82, 2.24) is 10.2 Å². The summed E-state index contributed by atoms with van der Waals surface area (Å²) < 4.78 is 0. The van der Waals surface area contributed by atoms with Crippen LogP contribution >= 0.6 is 0 Å². The molecule has 0 aliphatic carbocycles. The number of fused-ring (bicyclic) bond motifs is 6. The number of rotatable bonds is 3. The third-order valence-electron chi connectivity index (χ3n) is 7.86. The number of nitrogens with zero attached hydrogens (tertiary/aromatic N) is 1. The highest BCUT2D eigenvalue weighted by Crippen LogP contribution is 2.42. The van der Waals surface area contributed by atoms with Gasteiger partial charge in [-0.05, 0) is 66.3 Å². The summed E-state index contributed by atoms with van der Waals surface area (Å²) in [6.45, 7) is 0.356. The lowest BCUT2D eigenvalue weighted by molar-refractivity contribution is -0.126. The van der Waals surface area contributed by atoms with Gasteiger partial charge < -0.3 is 4.90 Å². The van der Waals surface area contributed by atoms with Crippen molar-refractivity contribution in [3.8, 4) is 0 Å². The molecule has 0 aromatic heterocycles. The van der Waals surface area contributed by atoms with E-state index >= 15 is 0 Å². The molecule has 0 spiro atoms. The van der Waals surface area contributed by atoms with Crippen LogP contribution in [0.2, 0.25) is 0 Å². The average Bonchev–Trinajstić information content (AvgIpc) is 3.26. The molecule has 3 heteroatoms. The highest BCUT2D eigenvalue weighted by Gasteiger charge is 2.37. The third-order valence-corrected chi connectivity index (χ3v) is 7.86. The van der Waals surface area contributed by atoms with Gasteiger partial charge in [0.15, 0.2) is 0 Å². The number of nitrogens with one attached hydrogen (secondary N) is 1. The van der Waals surface area contributed by atoms with E-state index in [0.29, 0.717) is 6.54 Å². The first-order valence-corrected chi connectivity index (χ1v) is 12.5. The van der Waals surface area contributed by atoms with E-state index in [9.17, 15) is 4.79 Å². The maximum Gasteiger partial charge on any atom is 0.237 e. The van der Waals surface area contributed by atoms with Crippen molar-refractivity contribution >= 4 is 49.0 Å². The number of benzene rings is 6. The molecule has 36 heavy (non-hydrogen) atoms. The molecule has 1 aliphatic rings. The number of hydrogen-bond acceptors (Lipinski definition) is 2. The topological polar surface area (TPSA) is 32.3 Å². The zero-order valence-electron chi connectivity index (χ0n) is 20.1. The summed E-state index contributed by atoms with van der Waals surface area (Å²) in [5, 5.41) is 13.4. The van der Waals surface area contributed by atoms with Crippen LogP contribution in [0.1, 0.15) is 17.0 Å². The summed E-state index contributed by atoms with van der Waals surface area (Å²) >= 11 is 0. The molecule has 1 aliphatic heterocycles. The second kappa shape index (κ2) is 8.18. The number of carbonyl (C=O) groups excluding carboxylic acids is 1. The zero-order valence-corrected chi connectivity index (χ0v) is 20.1. The largest absolute Gasteiger partial charge is 0.328 e. The molecule has 6 aromatic rings. The predicted molar refractivity (Wildman–Crippen MR) is 149 cm³/mol. The molecular weight excluding hydrogens is 440 g/mol. The number of carbonyl (C=O) groups is 1. The SMILES string of the molecule is CN1C(=O)CNC1C(c1cc2ccccc2c2ccccc12)c1cc2ccccc2c2ccccc12. The van der Waals surface area contributed by atoms with Gasteiger partial charge in [0.05, 0.1) is 12.7 Å². The molecule has 1 fully saturated rings. The van der Waals surface area contributed by atoms with Gasteiger partial charge in [-0.25, -0.2) is 0 Å². The molecule has 1 saturated heterocycles. The minimum Gasteiger partial charge on any atom is -0.328 e. The first kappa shape index (κ1) is 21.1. The molecule has 0 radical (unpaired) electrons. The van der Waals surface area contributed by atoms with Gasteiger partial charge >= 0.3 is 0 Å². The standard InChI is InChI=1S/C33H26N2O/c1-35-31(36)20-34-33(35)32(29-18-21-10-2-4-12-23(21)25-14-6-8-16-27(25)29)30-19-22-11-3-5-13-24(22)26-15-7-9-17-28(26)30/h2-19,32-34H,20H2,1H3. The fourth-order valence-electron chi connectivity index (χ4n) is 6.14. The Balaban J connectivity index is 1.61. The van der Waals surface area contributed by atoms with Gasteiger partial charge in [-0.15, -0.1) is 0 Å². The van der Waals surface area contributed by atoms with Crippen molar-refractivity contribution in [1.29, 1.82) is 0 Å². The maximum atomic E-state index is 12.8. The van der Waals surface area contributed by atoms with Crippen molar-refractivity contribution in [2.45, 2.75) is 12.1 Å². The van der Waals surface area contributed by atoms with E-state index in [4.69, 9.17) is 0 Å². The smallest absolute Gasteiger partial charge is 0.237 e. The van der Waals surface area contributed by atoms with Crippen LogP contribution in [0.15, 0.2) is 109 Å². The number of amides is 1. The fraction of sp³-hybridized carbons (Fsp3) is 0.121. The van der Waals surface area contributed by atoms with Crippen LogP contribution in [0, 0.1) is 0 Å². The molecule has 7 rings (SSSR count). The lowest BCUT2D eigenvalue weighted by Gasteiger charge is -2.32. The van der Waals surface area contributed by atoms with Gasteiger partial charge in [-0.1, -0.05) is 97.1 Å². The Morgan fingerprint density at radius 2 is 1.06 bits per heavy atom. The molecule has 1 N–H and O–H groups in total. The summed E-state index contributed by atoms with van der Waals surface area (Å²) in [5.41, 5.74) is 2.48. The number of hydrogen-bond donors (Lipinski definition) is 1. The van der Waals surface area contributed by atoms with Gasteiger partial charge in [0.1, 0.15) is 0 Å². The van der Waals surface area contributed by atoms with Gasteiger partial charge in [0.2, 0.25) is 5.91 Å². The molecule has 1 atom stereocenters. The van der Waals surface area contributed by atoms with Crippen molar-refractivity contribution < 1.29 is 4.79 Å². The monoisotopic (exact) mass is 466 g/mol. The highest BCUT2D eigenvalue weighted by molar-refractivity contribution is 6.11. The van der Waals surface area contributed by atoms with Gasteiger partial charge in [-0.3, -0.25) is 10.1 Å².